The van der Waals surface area contributed by atoms with Crippen molar-refractivity contribution in [3.63, 3.8) is 0 Å². The molecule has 1 aromatic heterocycles. The van der Waals surface area contributed by atoms with Gasteiger partial charge in [0, 0.05) is 44.3 Å². The number of nitrogens with zero attached hydrogens (tertiary/aromatic N) is 4. The first-order valence-corrected chi connectivity index (χ1v) is 14.4. The minimum Gasteiger partial charge on any atom is -0.383 e. The van der Waals surface area contributed by atoms with E-state index in [-0.39, 0.29) is 16.2 Å². The third kappa shape index (κ3) is 5.27. The maximum Gasteiger partial charge on any atom is 0.245 e. The normalized spacial score (nSPS) is 22.9. The summed E-state index contributed by atoms with van der Waals surface area (Å²) in [5.41, 5.74) is 1.21. The lowest BCUT2D eigenvalue weighted by Crippen LogP contribution is -2.36. The zero-order valence-corrected chi connectivity index (χ0v) is 23.3. The Balaban J connectivity index is 1.32. The second-order valence-corrected chi connectivity index (χ2v) is 13.7. The van der Waals surface area contributed by atoms with Crippen LogP contribution >= 0.6 is 11.6 Å². The number of sulfonamides is 1. The molecule has 0 unspecified atom stereocenters. The molecule has 37 heavy (non-hydrogen) atoms. The average Bonchev–Trinajstić information content (AvgIpc) is 3.51. The van der Waals surface area contributed by atoms with Crippen molar-refractivity contribution in [1.29, 1.82) is 0 Å². The Morgan fingerprint density at radius 3 is 2.59 bits per heavy atom. The summed E-state index contributed by atoms with van der Waals surface area (Å²) in [4.78, 5) is 6.98. The van der Waals surface area contributed by atoms with Crippen LogP contribution in [0.4, 0.5) is 5.69 Å². The lowest BCUT2D eigenvalue weighted by Gasteiger charge is -2.26. The van der Waals surface area contributed by atoms with Crippen molar-refractivity contribution in [1.82, 2.24) is 19.3 Å². The van der Waals surface area contributed by atoms with E-state index in [4.69, 9.17) is 16.1 Å². The van der Waals surface area contributed by atoms with Gasteiger partial charge < -0.3 is 9.84 Å². The molecule has 5 rings (SSSR count). The molecule has 3 aromatic rings. The smallest absolute Gasteiger partial charge is 0.245 e. The third-order valence-electron chi connectivity index (χ3n) is 7.65. The highest BCUT2D eigenvalue weighted by Gasteiger charge is 2.52. The van der Waals surface area contributed by atoms with Crippen LogP contribution in [0.5, 0.6) is 0 Å². The summed E-state index contributed by atoms with van der Waals surface area (Å²) in [6.45, 7) is 12.0. The molecule has 0 radical (unpaired) electrons. The largest absolute Gasteiger partial charge is 0.383 e. The Morgan fingerprint density at radius 1 is 1.16 bits per heavy atom. The Labute approximate surface area is 224 Å². The molecule has 2 saturated heterocycles. The monoisotopic (exact) mass is 543 g/mol. The van der Waals surface area contributed by atoms with Crippen LogP contribution < -0.4 is 5.32 Å². The standard InChI is InChI=1S/C27H34ClN5O3S/c1-19-30-25(36-31-19)26(2,3)16-29-23-11-10-22(28)12-24(23)37(34,35)33-15-21-14-32(17-27(21,4)18-33)13-20-8-6-5-7-9-20/h5-12,21,29H,13-18H2,1-4H3/t21-,27+/m0/s1. The van der Waals surface area contributed by atoms with E-state index in [1.165, 1.54) is 5.56 Å². The Morgan fingerprint density at radius 2 is 1.92 bits per heavy atom. The van der Waals surface area contributed by atoms with Crippen LogP contribution in [-0.4, -0.2) is 60.5 Å². The lowest BCUT2D eigenvalue weighted by atomic mass is 9.83. The van der Waals surface area contributed by atoms with Gasteiger partial charge in [0.25, 0.3) is 0 Å². The first-order chi connectivity index (χ1) is 17.5. The fourth-order valence-corrected chi connectivity index (χ4v) is 7.56. The van der Waals surface area contributed by atoms with Gasteiger partial charge in [-0.2, -0.15) is 9.29 Å². The highest BCUT2D eigenvalue weighted by molar-refractivity contribution is 7.89. The minimum atomic E-state index is -3.76. The molecule has 10 heteroatoms. The van der Waals surface area contributed by atoms with Crippen molar-refractivity contribution in [3.8, 4) is 0 Å². The van der Waals surface area contributed by atoms with Gasteiger partial charge in [-0.15, -0.1) is 0 Å². The molecule has 0 aliphatic carbocycles. The summed E-state index contributed by atoms with van der Waals surface area (Å²) >= 11 is 6.29. The van der Waals surface area contributed by atoms with Crippen LogP contribution in [-0.2, 0) is 22.0 Å². The number of likely N-dealkylation sites (tertiary alicyclic amines) is 1. The van der Waals surface area contributed by atoms with E-state index >= 15 is 0 Å². The SMILES string of the molecule is Cc1noc(C(C)(C)CNc2ccc(Cl)cc2S(=O)(=O)N2C[C@@H]3CN(Cc4ccccc4)C[C@]3(C)C2)n1. The van der Waals surface area contributed by atoms with Gasteiger partial charge in [-0.05, 0) is 55.9 Å². The van der Waals surface area contributed by atoms with Crippen LogP contribution in [0.2, 0.25) is 5.02 Å². The topological polar surface area (TPSA) is 91.6 Å². The molecular weight excluding hydrogens is 510 g/mol. The van der Waals surface area contributed by atoms with Crippen LogP contribution in [0.1, 0.15) is 38.0 Å². The molecule has 2 aliphatic heterocycles. The number of benzene rings is 2. The first-order valence-electron chi connectivity index (χ1n) is 12.6. The summed E-state index contributed by atoms with van der Waals surface area (Å²) in [5, 5.41) is 7.58. The quantitative estimate of drug-likeness (QED) is 0.445. The number of aryl methyl sites for hydroxylation is 1. The highest BCUT2D eigenvalue weighted by Crippen LogP contribution is 2.45. The molecule has 1 N–H and O–H groups in total. The fraction of sp³-hybridized carbons (Fsp3) is 0.481. The zero-order valence-electron chi connectivity index (χ0n) is 21.7. The molecule has 0 spiro atoms. The zero-order chi connectivity index (χ0) is 26.4. The number of aromatic nitrogens is 2. The molecule has 2 fully saturated rings. The second kappa shape index (κ2) is 9.69. The van der Waals surface area contributed by atoms with Crippen LogP contribution in [0.3, 0.4) is 0 Å². The lowest BCUT2D eigenvalue weighted by molar-refractivity contribution is 0.255. The number of rotatable bonds is 8. The number of nitrogens with one attached hydrogen (secondary N) is 1. The van der Waals surface area contributed by atoms with E-state index < -0.39 is 15.4 Å². The van der Waals surface area contributed by atoms with Crippen molar-refractivity contribution in [2.24, 2.45) is 11.3 Å². The number of hydrogen-bond donors (Lipinski definition) is 1. The van der Waals surface area contributed by atoms with Crippen molar-refractivity contribution < 1.29 is 12.9 Å². The molecule has 0 saturated carbocycles. The molecule has 3 heterocycles. The molecule has 0 bridgehead atoms. The summed E-state index contributed by atoms with van der Waals surface area (Å²) in [7, 11) is -3.76. The number of fused-ring (bicyclic) bond motifs is 1. The fourth-order valence-electron chi connectivity index (χ4n) is 5.51. The van der Waals surface area contributed by atoms with E-state index in [9.17, 15) is 8.42 Å². The third-order valence-corrected chi connectivity index (χ3v) is 9.74. The van der Waals surface area contributed by atoms with Crippen LogP contribution in [0, 0.1) is 18.3 Å². The second-order valence-electron chi connectivity index (χ2n) is 11.3. The van der Waals surface area contributed by atoms with Crippen molar-refractivity contribution in [2.45, 2.75) is 44.6 Å². The molecule has 0 amide bonds. The molecular formula is C27H34ClN5O3S. The van der Waals surface area contributed by atoms with E-state index in [1.54, 1.807) is 29.4 Å². The maximum absolute atomic E-state index is 13.9. The minimum absolute atomic E-state index is 0.0914. The molecule has 198 valence electrons. The van der Waals surface area contributed by atoms with Crippen molar-refractivity contribution in [3.05, 3.63) is 70.8 Å². The molecule has 2 aliphatic rings. The van der Waals surface area contributed by atoms with Crippen molar-refractivity contribution in [2.75, 3.05) is 38.0 Å². The van der Waals surface area contributed by atoms with Gasteiger partial charge in [0.1, 0.15) is 4.90 Å². The van der Waals surface area contributed by atoms with Gasteiger partial charge in [0.2, 0.25) is 15.9 Å². The van der Waals surface area contributed by atoms with Crippen LogP contribution in [0.15, 0.2) is 57.9 Å². The predicted octanol–water partition coefficient (Wildman–Crippen LogP) is 4.56. The maximum atomic E-state index is 13.9. The van der Waals surface area contributed by atoms with Gasteiger partial charge in [-0.1, -0.05) is 54.0 Å². The average molecular weight is 544 g/mol. The molecule has 8 nitrogen and oxygen atoms in total. The van der Waals surface area contributed by atoms with Crippen LogP contribution in [0.25, 0.3) is 0 Å². The van der Waals surface area contributed by atoms with Crippen molar-refractivity contribution >= 4 is 27.3 Å². The van der Waals surface area contributed by atoms with Gasteiger partial charge in [0.05, 0.1) is 11.1 Å². The Hall–Kier alpha value is -2.46. The Kier molecular flexibility index (Phi) is 6.85. The van der Waals surface area contributed by atoms with Gasteiger partial charge >= 0.3 is 0 Å². The van der Waals surface area contributed by atoms with E-state index in [0.717, 1.165) is 19.6 Å². The summed E-state index contributed by atoms with van der Waals surface area (Å²) in [6.07, 6.45) is 0. The van der Waals surface area contributed by atoms with E-state index in [2.05, 4.69) is 51.5 Å². The summed E-state index contributed by atoms with van der Waals surface area (Å²) in [6, 6.07) is 15.4. The van der Waals surface area contributed by atoms with E-state index in [1.807, 2.05) is 19.9 Å². The summed E-state index contributed by atoms with van der Waals surface area (Å²) in [5.74, 6) is 1.34. The number of halogens is 1. The van der Waals surface area contributed by atoms with Gasteiger partial charge in [-0.3, -0.25) is 4.90 Å². The number of anilines is 1. The molecule has 2 aromatic carbocycles. The Bertz CT molecular complexity index is 1380. The predicted molar refractivity (Wildman–Crippen MR) is 144 cm³/mol. The first kappa shape index (κ1) is 26.2. The van der Waals surface area contributed by atoms with E-state index in [0.29, 0.717) is 42.1 Å². The van der Waals surface area contributed by atoms with Gasteiger partial charge in [0.15, 0.2) is 5.82 Å². The molecule has 2 atom stereocenters. The summed E-state index contributed by atoms with van der Waals surface area (Å²) < 4.78 is 34.9. The number of hydrogen-bond acceptors (Lipinski definition) is 7. The highest BCUT2D eigenvalue weighted by atomic mass is 35.5. The van der Waals surface area contributed by atoms with Gasteiger partial charge in [-0.25, -0.2) is 8.42 Å².